The van der Waals surface area contributed by atoms with E-state index in [0.717, 1.165) is 37.7 Å². The lowest BCUT2D eigenvalue weighted by Gasteiger charge is -2.59. The molecule has 1 aromatic carbocycles. The molecular formula is C26H33NO3. The average molecular weight is 408 g/mol. The lowest BCUT2D eigenvalue weighted by molar-refractivity contribution is -0.152. The van der Waals surface area contributed by atoms with Gasteiger partial charge in [0.25, 0.3) is 0 Å². The van der Waals surface area contributed by atoms with E-state index in [2.05, 4.69) is 0 Å². The zero-order valence-electron chi connectivity index (χ0n) is 17.8. The van der Waals surface area contributed by atoms with Crippen molar-refractivity contribution in [3.63, 3.8) is 0 Å². The van der Waals surface area contributed by atoms with E-state index < -0.39 is 0 Å². The van der Waals surface area contributed by atoms with Gasteiger partial charge in [0.1, 0.15) is 11.6 Å². The van der Waals surface area contributed by atoms with Crippen LogP contribution < -0.4 is 5.73 Å². The monoisotopic (exact) mass is 407 g/mol. The molecule has 30 heavy (non-hydrogen) atoms. The first-order valence-corrected chi connectivity index (χ1v) is 11.8. The number of hydrogen-bond acceptors (Lipinski definition) is 3. The van der Waals surface area contributed by atoms with Gasteiger partial charge >= 0.3 is 0 Å². The molecule has 5 saturated carbocycles. The number of Topliss-reactive ketones (excluding diaryl/α,β-unsaturated/α-hetero) is 2. The third kappa shape index (κ3) is 3.52. The molecular weight excluding hydrogens is 374 g/mol. The van der Waals surface area contributed by atoms with Gasteiger partial charge in [-0.2, -0.15) is 0 Å². The van der Waals surface area contributed by atoms with Gasteiger partial charge in [-0.05, 0) is 80.6 Å². The van der Waals surface area contributed by atoms with Crippen LogP contribution in [0.2, 0.25) is 0 Å². The summed E-state index contributed by atoms with van der Waals surface area (Å²) in [5, 5.41) is 0. The minimum Gasteiger partial charge on any atom is -0.369 e. The number of ketones is 2. The molecule has 2 N–H and O–H groups in total. The first-order valence-electron chi connectivity index (χ1n) is 11.8. The summed E-state index contributed by atoms with van der Waals surface area (Å²) in [4.78, 5) is 37.9. The summed E-state index contributed by atoms with van der Waals surface area (Å²) in [7, 11) is 0. The van der Waals surface area contributed by atoms with Crippen LogP contribution in [-0.4, -0.2) is 17.5 Å². The van der Waals surface area contributed by atoms with E-state index in [-0.39, 0.29) is 22.5 Å². The number of benzene rings is 1. The van der Waals surface area contributed by atoms with Crippen LogP contribution in [0.15, 0.2) is 30.3 Å². The van der Waals surface area contributed by atoms with Crippen molar-refractivity contribution in [2.75, 3.05) is 0 Å². The van der Waals surface area contributed by atoms with E-state index in [1.807, 2.05) is 30.3 Å². The molecule has 5 aliphatic carbocycles. The molecule has 6 rings (SSSR count). The molecule has 0 aliphatic heterocycles. The zero-order valence-corrected chi connectivity index (χ0v) is 17.8. The van der Waals surface area contributed by atoms with Crippen LogP contribution in [0.1, 0.15) is 69.8 Å². The Labute approximate surface area is 179 Å². The highest BCUT2D eigenvalue weighted by Gasteiger charge is 2.59. The number of carbonyl (C=O) groups is 3. The number of carbonyl (C=O) groups excluding carboxylic acids is 3. The molecule has 5 aliphatic rings. The highest BCUT2D eigenvalue weighted by Crippen LogP contribution is 2.63. The number of primary amides is 1. The van der Waals surface area contributed by atoms with Crippen LogP contribution in [0.4, 0.5) is 0 Å². The number of rotatable bonds is 9. The molecule has 4 nitrogen and oxygen atoms in total. The Morgan fingerprint density at radius 2 is 1.63 bits per heavy atom. The number of amides is 1. The third-order valence-corrected chi connectivity index (χ3v) is 8.98. The van der Waals surface area contributed by atoms with Crippen molar-refractivity contribution in [1.82, 2.24) is 0 Å². The Bertz CT molecular complexity index is 840. The topological polar surface area (TPSA) is 77.2 Å². The maximum absolute atomic E-state index is 13.3. The molecule has 5 fully saturated rings. The Hall–Kier alpha value is -1.97. The summed E-state index contributed by atoms with van der Waals surface area (Å²) >= 11 is 0. The maximum atomic E-state index is 13.3. The van der Waals surface area contributed by atoms with Crippen molar-refractivity contribution < 1.29 is 14.4 Å². The summed E-state index contributed by atoms with van der Waals surface area (Å²) in [5.41, 5.74) is 6.34. The second-order valence-corrected chi connectivity index (χ2v) is 10.9. The molecule has 2 unspecified atom stereocenters. The molecule has 160 valence electrons. The first-order chi connectivity index (χ1) is 14.4. The predicted molar refractivity (Wildman–Crippen MR) is 114 cm³/mol. The predicted octanol–water partition coefficient (Wildman–Crippen LogP) is 4.25. The Balaban J connectivity index is 1.18. The van der Waals surface area contributed by atoms with Gasteiger partial charge < -0.3 is 5.73 Å². The maximum Gasteiger partial charge on any atom is 0.223 e. The van der Waals surface area contributed by atoms with Crippen molar-refractivity contribution >= 4 is 17.5 Å². The second-order valence-electron chi connectivity index (χ2n) is 10.9. The van der Waals surface area contributed by atoms with Crippen molar-refractivity contribution in [1.29, 1.82) is 0 Å². The first kappa shape index (κ1) is 20.0. The van der Waals surface area contributed by atoms with Crippen LogP contribution in [0, 0.1) is 34.5 Å². The van der Waals surface area contributed by atoms with Gasteiger partial charge in [-0.25, -0.2) is 0 Å². The van der Waals surface area contributed by atoms with Crippen molar-refractivity contribution in [3.8, 4) is 0 Å². The highest BCUT2D eigenvalue weighted by molar-refractivity contribution is 5.89. The van der Waals surface area contributed by atoms with E-state index in [1.165, 1.54) is 12.8 Å². The fourth-order valence-electron chi connectivity index (χ4n) is 7.30. The van der Waals surface area contributed by atoms with Crippen LogP contribution in [0.3, 0.4) is 0 Å². The SMILES string of the molecule is NC(=O)C12CC3CC(C1)C(CC(=O)C1(CCC(=O)Cc4ccccc4)CC1)C(C3)C2. The van der Waals surface area contributed by atoms with Crippen LogP contribution in [0.25, 0.3) is 0 Å². The standard InChI is InChI=1S/C26H33NO3/c27-24(30)26-14-18-10-19(15-26)22(20(11-18)16-26)13-23(29)25(8-9-25)7-6-21(28)12-17-4-2-1-3-5-17/h1-5,18-20,22H,6-16H2,(H2,27,30). The minimum atomic E-state index is -0.281. The smallest absolute Gasteiger partial charge is 0.223 e. The van der Waals surface area contributed by atoms with Gasteiger partial charge in [0.05, 0.1) is 0 Å². The fraction of sp³-hybridized carbons (Fsp3) is 0.654. The Kier molecular flexibility index (Phi) is 4.87. The minimum absolute atomic E-state index is 0.109. The summed E-state index contributed by atoms with van der Waals surface area (Å²) in [6, 6.07) is 9.85. The molecule has 0 aromatic heterocycles. The van der Waals surface area contributed by atoms with E-state index in [0.29, 0.717) is 55.1 Å². The van der Waals surface area contributed by atoms with Crippen molar-refractivity contribution in [2.24, 2.45) is 40.2 Å². The fourth-order valence-corrected chi connectivity index (χ4v) is 7.30. The third-order valence-electron chi connectivity index (χ3n) is 8.98. The van der Waals surface area contributed by atoms with Gasteiger partial charge in [0, 0.05) is 30.1 Å². The molecule has 4 bridgehead atoms. The lowest BCUT2D eigenvalue weighted by Crippen LogP contribution is -2.56. The van der Waals surface area contributed by atoms with E-state index in [1.54, 1.807) is 0 Å². The van der Waals surface area contributed by atoms with Gasteiger partial charge in [-0.1, -0.05) is 30.3 Å². The summed E-state index contributed by atoms with van der Waals surface area (Å²) in [6.07, 6.45) is 9.35. The quantitative estimate of drug-likeness (QED) is 0.665. The van der Waals surface area contributed by atoms with Gasteiger partial charge in [-0.15, -0.1) is 0 Å². The van der Waals surface area contributed by atoms with Gasteiger partial charge in [-0.3, -0.25) is 14.4 Å². The van der Waals surface area contributed by atoms with Gasteiger partial charge in [0.2, 0.25) is 5.91 Å². The van der Waals surface area contributed by atoms with E-state index in [9.17, 15) is 14.4 Å². The average Bonchev–Trinajstić information content (AvgIpc) is 3.50. The summed E-state index contributed by atoms with van der Waals surface area (Å²) < 4.78 is 0. The molecule has 1 aromatic rings. The summed E-state index contributed by atoms with van der Waals surface area (Å²) in [5.74, 6) is 2.55. The van der Waals surface area contributed by atoms with Crippen LogP contribution >= 0.6 is 0 Å². The molecule has 0 radical (unpaired) electrons. The second kappa shape index (κ2) is 7.32. The number of nitrogens with two attached hydrogens (primary N) is 1. The molecule has 0 spiro atoms. The molecule has 1 amide bonds. The molecule has 4 heteroatoms. The van der Waals surface area contributed by atoms with Crippen molar-refractivity contribution in [2.45, 2.75) is 70.6 Å². The highest BCUT2D eigenvalue weighted by atomic mass is 16.1. The lowest BCUT2D eigenvalue weighted by atomic mass is 9.45. The van der Waals surface area contributed by atoms with E-state index in [4.69, 9.17) is 5.73 Å². The molecule has 0 saturated heterocycles. The van der Waals surface area contributed by atoms with Gasteiger partial charge in [0.15, 0.2) is 0 Å². The van der Waals surface area contributed by atoms with Crippen LogP contribution in [0.5, 0.6) is 0 Å². The number of hydrogen-bond donors (Lipinski definition) is 1. The zero-order chi connectivity index (χ0) is 20.9. The Morgan fingerprint density at radius 3 is 2.23 bits per heavy atom. The van der Waals surface area contributed by atoms with Crippen molar-refractivity contribution in [3.05, 3.63) is 35.9 Å². The largest absolute Gasteiger partial charge is 0.369 e. The molecule has 2 atom stereocenters. The normalized spacial score (nSPS) is 35.2. The van der Waals surface area contributed by atoms with E-state index >= 15 is 0 Å². The van der Waals surface area contributed by atoms with Crippen LogP contribution in [-0.2, 0) is 20.8 Å². The summed E-state index contributed by atoms with van der Waals surface area (Å²) in [6.45, 7) is 0. The molecule has 0 heterocycles. The Morgan fingerprint density at radius 1 is 0.967 bits per heavy atom.